The SMILES string of the molecule is CCCCOc1cccc(C(=O)N(Cc2ccccc2)c2nc3ccc(OCC)cc3s2)c1. The topological polar surface area (TPSA) is 51.7 Å². The molecule has 0 unspecified atom stereocenters. The summed E-state index contributed by atoms with van der Waals surface area (Å²) in [6, 6.07) is 23.2. The Morgan fingerprint density at radius 1 is 0.939 bits per heavy atom. The number of unbranched alkanes of at least 4 members (excludes halogenated alkanes) is 1. The molecule has 0 atom stereocenters. The fraction of sp³-hybridized carbons (Fsp3) is 0.259. The highest BCUT2D eigenvalue weighted by molar-refractivity contribution is 7.22. The van der Waals surface area contributed by atoms with Crippen LogP contribution in [0.4, 0.5) is 5.13 Å². The maximum absolute atomic E-state index is 13.7. The quantitative estimate of drug-likeness (QED) is 0.247. The lowest BCUT2D eigenvalue weighted by Crippen LogP contribution is -2.30. The van der Waals surface area contributed by atoms with E-state index in [1.54, 1.807) is 4.90 Å². The van der Waals surface area contributed by atoms with Crippen LogP contribution >= 0.6 is 11.3 Å². The molecule has 4 rings (SSSR count). The smallest absolute Gasteiger partial charge is 0.260 e. The van der Waals surface area contributed by atoms with E-state index in [0.29, 0.717) is 36.2 Å². The molecule has 0 bridgehead atoms. The highest BCUT2D eigenvalue weighted by Crippen LogP contribution is 2.33. The Hall–Kier alpha value is -3.38. The van der Waals surface area contributed by atoms with E-state index in [0.717, 1.165) is 34.4 Å². The summed E-state index contributed by atoms with van der Waals surface area (Å²) in [6.45, 7) is 5.76. The number of carbonyl (C=O) groups is 1. The van der Waals surface area contributed by atoms with Crippen molar-refractivity contribution in [2.45, 2.75) is 33.2 Å². The highest BCUT2D eigenvalue weighted by Gasteiger charge is 2.22. The minimum Gasteiger partial charge on any atom is -0.494 e. The van der Waals surface area contributed by atoms with Crippen LogP contribution in [-0.4, -0.2) is 24.1 Å². The molecule has 3 aromatic carbocycles. The van der Waals surface area contributed by atoms with Crippen molar-refractivity contribution in [1.82, 2.24) is 4.98 Å². The van der Waals surface area contributed by atoms with Gasteiger partial charge in [0, 0.05) is 5.56 Å². The summed E-state index contributed by atoms with van der Waals surface area (Å²) in [6.07, 6.45) is 2.04. The molecule has 5 nitrogen and oxygen atoms in total. The van der Waals surface area contributed by atoms with Gasteiger partial charge in [-0.3, -0.25) is 9.69 Å². The van der Waals surface area contributed by atoms with Gasteiger partial charge in [0.1, 0.15) is 11.5 Å². The first-order chi connectivity index (χ1) is 16.2. The lowest BCUT2D eigenvalue weighted by atomic mass is 10.1. The summed E-state index contributed by atoms with van der Waals surface area (Å²) in [5.74, 6) is 1.40. The third kappa shape index (κ3) is 5.71. The number of nitrogens with zero attached hydrogens (tertiary/aromatic N) is 2. The number of amides is 1. The number of thiazole rings is 1. The van der Waals surface area contributed by atoms with Gasteiger partial charge in [-0.05, 0) is 55.3 Å². The molecule has 0 spiro atoms. The molecule has 0 radical (unpaired) electrons. The largest absolute Gasteiger partial charge is 0.494 e. The Kier molecular flexibility index (Phi) is 7.58. The average molecular weight is 461 g/mol. The molecule has 0 saturated carbocycles. The van der Waals surface area contributed by atoms with E-state index >= 15 is 0 Å². The molecule has 1 heterocycles. The second-order valence-electron chi connectivity index (χ2n) is 7.67. The van der Waals surface area contributed by atoms with Crippen LogP contribution in [0.25, 0.3) is 10.2 Å². The zero-order valence-electron chi connectivity index (χ0n) is 19.0. The first-order valence-corrected chi connectivity index (χ1v) is 12.1. The van der Waals surface area contributed by atoms with Crippen LogP contribution in [0.5, 0.6) is 11.5 Å². The highest BCUT2D eigenvalue weighted by atomic mass is 32.1. The molecule has 6 heteroatoms. The molecule has 0 fully saturated rings. The van der Waals surface area contributed by atoms with Gasteiger partial charge in [-0.25, -0.2) is 4.98 Å². The maximum atomic E-state index is 13.7. The van der Waals surface area contributed by atoms with Crippen molar-refractivity contribution in [3.05, 3.63) is 83.9 Å². The molecule has 170 valence electrons. The first kappa shape index (κ1) is 22.8. The van der Waals surface area contributed by atoms with Gasteiger partial charge in [0.15, 0.2) is 5.13 Å². The van der Waals surface area contributed by atoms with Crippen molar-refractivity contribution in [3.63, 3.8) is 0 Å². The van der Waals surface area contributed by atoms with Crippen molar-refractivity contribution < 1.29 is 14.3 Å². The van der Waals surface area contributed by atoms with Gasteiger partial charge in [0.2, 0.25) is 0 Å². The van der Waals surface area contributed by atoms with Crippen LogP contribution in [-0.2, 0) is 6.54 Å². The Morgan fingerprint density at radius 3 is 2.55 bits per heavy atom. The number of anilines is 1. The van der Waals surface area contributed by atoms with E-state index in [2.05, 4.69) is 6.92 Å². The van der Waals surface area contributed by atoms with E-state index in [1.165, 1.54) is 11.3 Å². The van der Waals surface area contributed by atoms with E-state index in [4.69, 9.17) is 14.5 Å². The fourth-order valence-corrected chi connectivity index (χ4v) is 4.46. The normalized spacial score (nSPS) is 10.8. The van der Waals surface area contributed by atoms with E-state index < -0.39 is 0 Å². The van der Waals surface area contributed by atoms with Gasteiger partial charge >= 0.3 is 0 Å². The van der Waals surface area contributed by atoms with Gasteiger partial charge in [-0.2, -0.15) is 0 Å². The summed E-state index contributed by atoms with van der Waals surface area (Å²) in [7, 11) is 0. The molecule has 0 aliphatic rings. The second-order valence-corrected chi connectivity index (χ2v) is 8.67. The van der Waals surface area contributed by atoms with Gasteiger partial charge in [0.25, 0.3) is 5.91 Å². The van der Waals surface area contributed by atoms with E-state index in [1.807, 2.05) is 79.7 Å². The molecule has 0 N–H and O–H groups in total. The van der Waals surface area contributed by atoms with E-state index in [-0.39, 0.29) is 5.91 Å². The summed E-state index contributed by atoms with van der Waals surface area (Å²) in [4.78, 5) is 20.2. The minimum atomic E-state index is -0.108. The Labute approximate surface area is 198 Å². The number of ether oxygens (including phenoxy) is 2. The van der Waals surface area contributed by atoms with Crippen molar-refractivity contribution in [2.75, 3.05) is 18.1 Å². The third-order valence-corrected chi connectivity index (χ3v) is 6.21. The molecule has 33 heavy (non-hydrogen) atoms. The van der Waals surface area contributed by atoms with Gasteiger partial charge in [0.05, 0.1) is 30.0 Å². The van der Waals surface area contributed by atoms with Crippen LogP contribution in [0.15, 0.2) is 72.8 Å². The molecule has 0 aliphatic heterocycles. The summed E-state index contributed by atoms with van der Waals surface area (Å²) < 4.78 is 12.4. The van der Waals surface area contributed by atoms with Crippen molar-refractivity contribution in [2.24, 2.45) is 0 Å². The Balaban J connectivity index is 1.67. The van der Waals surface area contributed by atoms with Crippen molar-refractivity contribution in [1.29, 1.82) is 0 Å². The van der Waals surface area contributed by atoms with Gasteiger partial charge in [-0.1, -0.05) is 61.1 Å². The lowest BCUT2D eigenvalue weighted by molar-refractivity contribution is 0.0984. The minimum absolute atomic E-state index is 0.108. The number of fused-ring (bicyclic) bond motifs is 1. The lowest BCUT2D eigenvalue weighted by Gasteiger charge is -2.20. The summed E-state index contributed by atoms with van der Waals surface area (Å²) in [5.41, 5.74) is 2.46. The second kappa shape index (κ2) is 11.0. The van der Waals surface area contributed by atoms with Crippen LogP contribution < -0.4 is 14.4 Å². The number of aromatic nitrogens is 1. The molecular formula is C27H28N2O3S. The molecule has 0 saturated heterocycles. The number of carbonyl (C=O) groups excluding carboxylic acids is 1. The van der Waals surface area contributed by atoms with Gasteiger partial charge < -0.3 is 9.47 Å². The zero-order valence-corrected chi connectivity index (χ0v) is 19.8. The van der Waals surface area contributed by atoms with Crippen molar-refractivity contribution >= 4 is 32.6 Å². The number of hydrogen-bond donors (Lipinski definition) is 0. The van der Waals surface area contributed by atoms with Crippen LogP contribution in [0, 0.1) is 0 Å². The molecular weight excluding hydrogens is 432 g/mol. The molecule has 0 aliphatic carbocycles. The molecule has 1 amide bonds. The van der Waals surface area contributed by atoms with Crippen LogP contribution in [0.1, 0.15) is 42.6 Å². The standard InChI is InChI=1S/C27H28N2O3S/c1-3-5-16-32-22-13-9-12-21(17-22)26(30)29(19-20-10-7-6-8-11-20)27-28-24-15-14-23(31-4-2)18-25(24)33-27/h6-15,17-18H,3-5,16,19H2,1-2H3. The summed E-state index contributed by atoms with van der Waals surface area (Å²) in [5, 5.41) is 0.657. The number of benzene rings is 3. The monoisotopic (exact) mass is 460 g/mol. The average Bonchev–Trinajstić information content (AvgIpc) is 3.26. The number of rotatable bonds is 10. The summed E-state index contributed by atoms with van der Waals surface area (Å²) >= 11 is 1.49. The Morgan fingerprint density at radius 2 is 1.76 bits per heavy atom. The molecule has 1 aromatic heterocycles. The van der Waals surface area contributed by atoms with Crippen LogP contribution in [0.3, 0.4) is 0 Å². The fourth-order valence-electron chi connectivity index (χ4n) is 3.47. The maximum Gasteiger partial charge on any atom is 0.260 e. The van der Waals surface area contributed by atoms with E-state index in [9.17, 15) is 4.79 Å². The van der Waals surface area contributed by atoms with Gasteiger partial charge in [-0.15, -0.1) is 0 Å². The molecule has 4 aromatic rings. The Bertz CT molecular complexity index is 1210. The predicted molar refractivity (Wildman–Crippen MR) is 135 cm³/mol. The third-order valence-electron chi connectivity index (χ3n) is 5.17. The first-order valence-electron chi connectivity index (χ1n) is 11.3. The predicted octanol–water partition coefficient (Wildman–Crippen LogP) is 6.72. The van der Waals surface area contributed by atoms with Crippen molar-refractivity contribution in [3.8, 4) is 11.5 Å². The zero-order chi connectivity index (χ0) is 23.0. The van der Waals surface area contributed by atoms with Crippen LogP contribution in [0.2, 0.25) is 0 Å². The number of hydrogen-bond acceptors (Lipinski definition) is 5.